The maximum atomic E-state index is 12.9. The summed E-state index contributed by atoms with van der Waals surface area (Å²) < 4.78 is 6.35. The van der Waals surface area contributed by atoms with Crippen molar-refractivity contribution < 1.29 is 14.3 Å². The maximum Gasteiger partial charge on any atom is 0.245 e. The molecule has 1 aromatic rings. The zero-order chi connectivity index (χ0) is 18.0. The van der Waals surface area contributed by atoms with E-state index in [4.69, 9.17) is 4.74 Å². The number of benzene rings is 1. The summed E-state index contributed by atoms with van der Waals surface area (Å²) in [6, 6.07) is 5.97. The van der Waals surface area contributed by atoms with Crippen LogP contribution < -0.4 is 10.1 Å². The van der Waals surface area contributed by atoms with Crippen molar-refractivity contribution >= 4 is 27.7 Å². The fourth-order valence-electron chi connectivity index (χ4n) is 3.85. The standard InChI is InChI=1S/C19H25BrN2O3/c1-19(18(24)21-15-5-3-4-6-15)10-9-17(23)22(19)12-13-11-14(20)7-8-16(13)25-2/h7-8,11,15H,3-6,9-10,12H2,1-2H3,(H,21,24). The highest BCUT2D eigenvalue weighted by Gasteiger charge is 2.47. The van der Waals surface area contributed by atoms with E-state index in [2.05, 4.69) is 21.2 Å². The van der Waals surface area contributed by atoms with E-state index in [0.717, 1.165) is 28.6 Å². The molecule has 1 saturated heterocycles. The summed E-state index contributed by atoms with van der Waals surface area (Å²) in [6.45, 7) is 2.25. The van der Waals surface area contributed by atoms with Gasteiger partial charge in [-0.3, -0.25) is 9.59 Å². The summed E-state index contributed by atoms with van der Waals surface area (Å²) in [7, 11) is 1.62. The molecule has 0 bridgehead atoms. The molecule has 136 valence electrons. The number of ether oxygens (including phenoxy) is 1. The van der Waals surface area contributed by atoms with Gasteiger partial charge in [0.15, 0.2) is 0 Å². The second-order valence-electron chi connectivity index (χ2n) is 7.16. The third-order valence-electron chi connectivity index (χ3n) is 5.47. The average molecular weight is 409 g/mol. The quantitative estimate of drug-likeness (QED) is 0.811. The lowest BCUT2D eigenvalue weighted by Gasteiger charge is -2.35. The molecule has 1 saturated carbocycles. The van der Waals surface area contributed by atoms with Crippen molar-refractivity contribution in [1.82, 2.24) is 10.2 Å². The van der Waals surface area contributed by atoms with Crippen molar-refractivity contribution in [2.24, 2.45) is 0 Å². The molecular formula is C19H25BrN2O3. The number of nitrogens with zero attached hydrogens (tertiary/aromatic N) is 1. The van der Waals surface area contributed by atoms with Gasteiger partial charge in [0.05, 0.1) is 13.7 Å². The average Bonchev–Trinajstić information content (AvgIpc) is 3.19. The van der Waals surface area contributed by atoms with E-state index in [0.29, 0.717) is 19.4 Å². The van der Waals surface area contributed by atoms with Crippen molar-refractivity contribution in [3.63, 3.8) is 0 Å². The molecule has 2 amide bonds. The van der Waals surface area contributed by atoms with Crippen molar-refractivity contribution in [3.8, 4) is 5.75 Å². The first kappa shape index (κ1) is 18.2. The van der Waals surface area contributed by atoms with Crippen LogP contribution in [0.2, 0.25) is 0 Å². The molecule has 25 heavy (non-hydrogen) atoms. The van der Waals surface area contributed by atoms with Gasteiger partial charge in [0.1, 0.15) is 11.3 Å². The van der Waals surface area contributed by atoms with Crippen LogP contribution in [-0.4, -0.2) is 35.4 Å². The largest absolute Gasteiger partial charge is 0.496 e. The van der Waals surface area contributed by atoms with Gasteiger partial charge in [0.2, 0.25) is 11.8 Å². The number of likely N-dealkylation sites (tertiary alicyclic amines) is 1. The molecule has 2 fully saturated rings. The summed E-state index contributed by atoms with van der Waals surface area (Å²) >= 11 is 3.47. The number of nitrogens with one attached hydrogen (secondary N) is 1. The fraction of sp³-hybridized carbons (Fsp3) is 0.579. The zero-order valence-corrected chi connectivity index (χ0v) is 16.4. The molecule has 1 aliphatic heterocycles. The Bertz CT molecular complexity index is 673. The molecule has 1 heterocycles. The molecule has 1 aromatic carbocycles. The normalized spacial score (nSPS) is 24.0. The van der Waals surface area contributed by atoms with Gasteiger partial charge in [-0.05, 0) is 44.4 Å². The molecule has 0 radical (unpaired) electrons. The predicted octanol–water partition coefficient (Wildman–Crippen LogP) is 3.40. The van der Waals surface area contributed by atoms with Gasteiger partial charge in [0.25, 0.3) is 0 Å². The minimum atomic E-state index is -0.799. The van der Waals surface area contributed by atoms with Crippen molar-refractivity contribution in [2.75, 3.05) is 7.11 Å². The van der Waals surface area contributed by atoms with E-state index in [-0.39, 0.29) is 17.9 Å². The SMILES string of the molecule is COc1ccc(Br)cc1CN1C(=O)CCC1(C)C(=O)NC1CCCC1. The van der Waals surface area contributed by atoms with Crippen molar-refractivity contribution in [2.45, 2.75) is 63.6 Å². The van der Waals surface area contributed by atoms with Gasteiger partial charge in [-0.15, -0.1) is 0 Å². The lowest BCUT2D eigenvalue weighted by Crippen LogP contribution is -2.55. The Kier molecular flexibility index (Phi) is 5.37. The summed E-state index contributed by atoms with van der Waals surface area (Å²) in [6.07, 6.45) is 5.37. The third kappa shape index (κ3) is 3.68. The molecule has 1 N–H and O–H groups in total. The summed E-state index contributed by atoms with van der Waals surface area (Å²) in [5.41, 5.74) is 0.0968. The zero-order valence-electron chi connectivity index (χ0n) is 14.8. The van der Waals surface area contributed by atoms with Crippen LogP contribution in [0.5, 0.6) is 5.75 Å². The van der Waals surface area contributed by atoms with Gasteiger partial charge in [-0.2, -0.15) is 0 Å². The number of hydrogen-bond donors (Lipinski definition) is 1. The summed E-state index contributed by atoms with van der Waals surface area (Å²) in [5.74, 6) is 0.715. The van der Waals surface area contributed by atoms with Crippen LogP contribution in [0.25, 0.3) is 0 Å². The molecule has 1 atom stereocenters. The molecule has 3 rings (SSSR count). The Hall–Kier alpha value is -1.56. The van der Waals surface area contributed by atoms with Crippen molar-refractivity contribution in [1.29, 1.82) is 0 Å². The number of halogens is 1. The number of hydrogen-bond acceptors (Lipinski definition) is 3. The van der Waals surface area contributed by atoms with E-state index in [9.17, 15) is 9.59 Å². The first-order valence-electron chi connectivity index (χ1n) is 8.88. The first-order chi connectivity index (χ1) is 11.9. The maximum absolute atomic E-state index is 12.9. The number of amides is 2. The topological polar surface area (TPSA) is 58.6 Å². The molecule has 0 spiro atoms. The second kappa shape index (κ2) is 7.36. The third-order valence-corrected chi connectivity index (χ3v) is 5.97. The number of methoxy groups -OCH3 is 1. The van der Waals surface area contributed by atoms with Crippen LogP contribution in [-0.2, 0) is 16.1 Å². The van der Waals surface area contributed by atoms with Gasteiger partial charge in [0, 0.05) is 22.5 Å². The molecular weight excluding hydrogens is 384 g/mol. The predicted molar refractivity (Wildman–Crippen MR) is 99.3 cm³/mol. The highest BCUT2D eigenvalue weighted by Crippen LogP contribution is 2.35. The highest BCUT2D eigenvalue weighted by atomic mass is 79.9. The van der Waals surface area contributed by atoms with E-state index < -0.39 is 5.54 Å². The minimum Gasteiger partial charge on any atom is -0.496 e. The molecule has 0 aromatic heterocycles. The molecule has 1 unspecified atom stereocenters. The fourth-order valence-corrected chi connectivity index (χ4v) is 4.25. The van der Waals surface area contributed by atoms with Crippen LogP contribution >= 0.6 is 15.9 Å². The molecule has 6 heteroatoms. The van der Waals surface area contributed by atoms with Crippen LogP contribution in [0.4, 0.5) is 0 Å². The van der Waals surface area contributed by atoms with Crippen LogP contribution in [0.3, 0.4) is 0 Å². The van der Waals surface area contributed by atoms with E-state index in [1.54, 1.807) is 12.0 Å². The first-order valence-corrected chi connectivity index (χ1v) is 9.67. The van der Waals surface area contributed by atoms with E-state index in [1.165, 1.54) is 12.8 Å². The van der Waals surface area contributed by atoms with Crippen molar-refractivity contribution in [3.05, 3.63) is 28.2 Å². The molecule has 1 aliphatic carbocycles. The smallest absolute Gasteiger partial charge is 0.245 e. The lowest BCUT2D eigenvalue weighted by molar-refractivity contribution is -0.141. The monoisotopic (exact) mass is 408 g/mol. The summed E-state index contributed by atoms with van der Waals surface area (Å²) in [4.78, 5) is 27.2. The van der Waals surface area contributed by atoms with Crippen LogP contribution in [0.15, 0.2) is 22.7 Å². The second-order valence-corrected chi connectivity index (χ2v) is 8.08. The van der Waals surface area contributed by atoms with Crippen LogP contribution in [0, 0.1) is 0 Å². The van der Waals surface area contributed by atoms with Gasteiger partial charge >= 0.3 is 0 Å². The molecule has 2 aliphatic rings. The number of rotatable bonds is 5. The van der Waals surface area contributed by atoms with Gasteiger partial charge in [-0.25, -0.2) is 0 Å². The Balaban J connectivity index is 1.81. The minimum absolute atomic E-state index is 0.0195. The van der Waals surface area contributed by atoms with E-state index >= 15 is 0 Å². The van der Waals surface area contributed by atoms with Gasteiger partial charge < -0.3 is 15.0 Å². The highest BCUT2D eigenvalue weighted by molar-refractivity contribution is 9.10. The Morgan fingerprint density at radius 2 is 2.12 bits per heavy atom. The Morgan fingerprint density at radius 3 is 2.80 bits per heavy atom. The van der Waals surface area contributed by atoms with Crippen LogP contribution in [0.1, 0.15) is 51.0 Å². The molecule has 5 nitrogen and oxygen atoms in total. The Labute approximate surface area is 157 Å². The summed E-state index contributed by atoms with van der Waals surface area (Å²) in [5, 5.41) is 3.16. The number of carbonyl (C=O) groups excluding carboxylic acids is 2. The Morgan fingerprint density at radius 1 is 1.40 bits per heavy atom. The van der Waals surface area contributed by atoms with Gasteiger partial charge in [-0.1, -0.05) is 28.8 Å². The lowest BCUT2D eigenvalue weighted by atomic mass is 9.96. The number of carbonyl (C=O) groups is 2. The van der Waals surface area contributed by atoms with E-state index in [1.807, 2.05) is 25.1 Å².